The van der Waals surface area contributed by atoms with E-state index in [1.165, 1.54) is 19.3 Å². The molecule has 12 nitrogen and oxygen atoms in total. The number of anilines is 2. The lowest BCUT2D eigenvalue weighted by Crippen LogP contribution is -2.48. The van der Waals surface area contributed by atoms with E-state index in [1.54, 1.807) is 39.2 Å². The van der Waals surface area contributed by atoms with Crippen LogP contribution in [-0.2, 0) is 16.1 Å². The highest BCUT2D eigenvalue weighted by atomic mass is 16.5. The first-order valence-corrected chi connectivity index (χ1v) is 18.8. The van der Waals surface area contributed by atoms with Crippen molar-refractivity contribution in [3.63, 3.8) is 0 Å². The maximum atomic E-state index is 14.9. The minimum atomic E-state index is -0.472. The molecule has 284 valence electrons. The van der Waals surface area contributed by atoms with Gasteiger partial charge in [-0.15, -0.1) is 0 Å². The summed E-state index contributed by atoms with van der Waals surface area (Å²) in [6.07, 6.45) is 6.23. The molecule has 1 aromatic heterocycles. The smallest absolute Gasteiger partial charge is 0.323 e. The fraction of sp³-hybridized carbons (Fsp3) is 0.575. The number of benzene rings is 2. The molecule has 3 heterocycles. The first kappa shape index (κ1) is 39.1. The summed E-state index contributed by atoms with van der Waals surface area (Å²) in [5.41, 5.74) is 2.93. The molecule has 0 radical (unpaired) electrons. The van der Waals surface area contributed by atoms with Crippen molar-refractivity contribution < 1.29 is 33.1 Å². The van der Waals surface area contributed by atoms with E-state index in [0.29, 0.717) is 60.5 Å². The number of aryl methyl sites for hydroxylation is 2. The van der Waals surface area contributed by atoms with Crippen molar-refractivity contribution in [1.29, 1.82) is 0 Å². The number of nitrogens with one attached hydrogen (secondary N) is 2. The molecule has 0 aliphatic carbocycles. The Morgan fingerprint density at radius 3 is 2.50 bits per heavy atom. The van der Waals surface area contributed by atoms with Gasteiger partial charge in [0, 0.05) is 31.3 Å². The van der Waals surface area contributed by atoms with Crippen LogP contribution < -0.4 is 20.1 Å². The summed E-state index contributed by atoms with van der Waals surface area (Å²) in [5.74, 6) is 1.62. The molecule has 2 N–H and O–H groups in total. The average molecular weight is 720 g/mol. The summed E-state index contributed by atoms with van der Waals surface area (Å²) in [6.45, 7) is 14.6. The number of amides is 3. The second kappa shape index (κ2) is 19.1. The van der Waals surface area contributed by atoms with E-state index in [-0.39, 0.29) is 30.1 Å². The summed E-state index contributed by atoms with van der Waals surface area (Å²) in [5, 5.41) is 9.61. The molecule has 2 aliphatic heterocycles. The Kier molecular flexibility index (Phi) is 14.4. The molecule has 5 rings (SSSR count). The first-order valence-electron chi connectivity index (χ1n) is 18.8. The number of piperidine rings is 1. The number of urea groups is 1. The Bertz CT molecular complexity index is 1570. The monoisotopic (exact) mass is 719 g/mol. The number of hydrogen-bond acceptors (Lipinski definition) is 9. The Hall–Kier alpha value is -4.13. The zero-order chi connectivity index (χ0) is 37.0. The number of ether oxygens (including phenoxy) is 4. The van der Waals surface area contributed by atoms with Crippen LogP contribution in [0.3, 0.4) is 0 Å². The molecular weight excluding hydrogens is 662 g/mol. The Labute approximate surface area is 308 Å². The van der Waals surface area contributed by atoms with Crippen LogP contribution in [0.15, 0.2) is 47.0 Å². The Balaban J connectivity index is 1.42. The summed E-state index contributed by atoms with van der Waals surface area (Å²) >= 11 is 0. The van der Waals surface area contributed by atoms with Crippen LogP contribution in [0, 0.1) is 19.8 Å². The van der Waals surface area contributed by atoms with Crippen LogP contribution in [-0.4, -0.2) is 91.6 Å². The predicted molar refractivity (Wildman–Crippen MR) is 201 cm³/mol. The van der Waals surface area contributed by atoms with Gasteiger partial charge in [0.2, 0.25) is 0 Å². The number of rotatable bonds is 10. The standard InChI is InChI=1S/C40H57N5O7/c1-27-23-45(28(2)25-49-26-32-13-16-34(48-6)17-14-32)39(46)35-22-33(41-40(47)42-38-30(4)43-52-31(38)5)15-18-36(35)51-29(3)12-8-11-21-50-37(27)24-44-19-9-7-10-20-44/h13-18,22,27-29,37H,7-12,19-21,23-26H2,1-6H3,(H2,41,42,47)/t27-,28+,29+,37+/m1/s1. The number of likely N-dealkylation sites (tertiary alicyclic amines) is 1. The van der Waals surface area contributed by atoms with Gasteiger partial charge in [0.15, 0.2) is 5.76 Å². The molecule has 12 heteroatoms. The first-order chi connectivity index (χ1) is 25.1. The zero-order valence-corrected chi connectivity index (χ0v) is 31.7. The highest BCUT2D eigenvalue weighted by Gasteiger charge is 2.31. The van der Waals surface area contributed by atoms with Crippen molar-refractivity contribution in [3.8, 4) is 11.5 Å². The number of carbonyl (C=O) groups excluding carboxylic acids is 2. The second-order valence-corrected chi connectivity index (χ2v) is 14.3. The van der Waals surface area contributed by atoms with Crippen LogP contribution in [0.5, 0.6) is 11.5 Å². The van der Waals surface area contributed by atoms with Gasteiger partial charge in [-0.05, 0) is 109 Å². The van der Waals surface area contributed by atoms with Gasteiger partial charge in [0.25, 0.3) is 5.91 Å². The number of carbonyl (C=O) groups is 2. The van der Waals surface area contributed by atoms with Gasteiger partial charge in [-0.3, -0.25) is 4.79 Å². The lowest BCUT2D eigenvalue weighted by molar-refractivity contribution is -0.0251. The van der Waals surface area contributed by atoms with E-state index in [1.807, 2.05) is 43.0 Å². The minimum Gasteiger partial charge on any atom is -0.497 e. The van der Waals surface area contributed by atoms with E-state index < -0.39 is 6.03 Å². The molecule has 0 unspecified atom stereocenters. The van der Waals surface area contributed by atoms with E-state index in [9.17, 15) is 9.59 Å². The SMILES string of the molecule is COc1ccc(COC[C@H](C)N2C[C@@H](C)[C@H](CN3CCCCC3)OCCCC[C@H](C)Oc3ccc(NC(=O)Nc4c(C)noc4C)cc3C2=O)cc1. The third-order valence-electron chi connectivity index (χ3n) is 9.99. The Morgan fingerprint density at radius 1 is 1.02 bits per heavy atom. The van der Waals surface area contributed by atoms with Crippen LogP contribution in [0.2, 0.25) is 0 Å². The number of fused-ring (bicyclic) bond motifs is 1. The number of aromatic nitrogens is 1. The number of methoxy groups -OCH3 is 1. The van der Waals surface area contributed by atoms with Gasteiger partial charge in [0.1, 0.15) is 22.9 Å². The van der Waals surface area contributed by atoms with Crippen molar-refractivity contribution in [1.82, 2.24) is 15.0 Å². The topological polar surface area (TPSA) is 128 Å². The summed E-state index contributed by atoms with van der Waals surface area (Å²) < 4.78 is 29.8. The van der Waals surface area contributed by atoms with Crippen LogP contribution in [0.4, 0.5) is 16.2 Å². The van der Waals surface area contributed by atoms with Crippen molar-refractivity contribution in [2.24, 2.45) is 5.92 Å². The van der Waals surface area contributed by atoms with E-state index >= 15 is 0 Å². The van der Waals surface area contributed by atoms with Crippen molar-refractivity contribution >= 4 is 23.3 Å². The number of nitrogens with zero attached hydrogens (tertiary/aromatic N) is 3. The average Bonchev–Trinajstić information content (AvgIpc) is 3.45. The fourth-order valence-electron chi connectivity index (χ4n) is 6.86. The van der Waals surface area contributed by atoms with E-state index in [0.717, 1.165) is 50.2 Å². The maximum absolute atomic E-state index is 14.9. The highest BCUT2D eigenvalue weighted by molar-refractivity contribution is 6.03. The van der Waals surface area contributed by atoms with Gasteiger partial charge in [-0.1, -0.05) is 30.6 Å². The lowest BCUT2D eigenvalue weighted by Gasteiger charge is -2.37. The summed E-state index contributed by atoms with van der Waals surface area (Å²) in [6, 6.07) is 12.3. The second-order valence-electron chi connectivity index (χ2n) is 14.3. The molecule has 2 aliphatic rings. The van der Waals surface area contributed by atoms with Gasteiger partial charge in [-0.25, -0.2) is 4.79 Å². The number of hydrogen-bond donors (Lipinski definition) is 2. The molecule has 3 amide bonds. The molecule has 2 aromatic carbocycles. The van der Waals surface area contributed by atoms with Crippen molar-refractivity contribution in [3.05, 3.63) is 65.0 Å². The van der Waals surface area contributed by atoms with Crippen LogP contribution in [0.25, 0.3) is 0 Å². The largest absolute Gasteiger partial charge is 0.497 e. The molecule has 52 heavy (non-hydrogen) atoms. The molecule has 0 bridgehead atoms. The third-order valence-corrected chi connectivity index (χ3v) is 9.99. The van der Waals surface area contributed by atoms with Gasteiger partial charge in [0.05, 0.1) is 44.1 Å². The molecule has 1 fully saturated rings. The lowest BCUT2D eigenvalue weighted by atomic mass is 10.00. The Morgan fingerprint density at radius 2 is 1.79 bits per heavy atom. The third kappa shape index (κ3) is 10.9. The van der Waals surface area contributed by atoms with Crippen molar-refractivity contribution in [2.75, 3.05) is 57.1 Å². The quantitative estimate of drug-likeness (QED) is 0.220. The fourth-order valence-corrected chi connectivity index (χ4v) is 6.86. The molecule has 1 saturated heterocycles. The molecule has 4 atom stereocenters. The minimum absolute atomic E-state index is 0.0297. The van der Waals surface area contributed by atoms with Crippen LogP contribution in [0.1, 0.15) is 86.7 Å². The van der Waals surface area contributed by atoms with Gasteiger partial charge in [-0.2, -0.15) is 0 Å². The predicted octanol–water partition coefficient (Wildman–Crippen LogP) is 7.45. The normalized spacial score (nSPS) is 21.4. The van der Waals surface area contributed by atoms with Crippen LogP contribution >= 0.6 is 0 Å². The summed E-state index contributed by atoms with van der Waals surface area (Å²) in [4.78, 5) is 32.3. The van der Waals surface area contributed by atoms with E-state index in [2.05, 4.69) is 27.6 Å². The van der Waals surface area contributed by atoms with Gasteiger partial charge >= 0.3 is 6.03 Å². The summed E-state index contributed by atoms with van der Waals surface area (Å²) in [7, 11) is 1.65. The maximum Gasteiger partial charge on any atom is 0.323 e. The molecule has 0 saturated carbocycles. The molecule has 3 aromatic rings. The molecular formula is C40H57N5O7. The van der Waals surface area contributed by atoms with Gasteiger partial charge < -0.3 is 43.9 Å². The highest BCUT2D eigenvalue weighted by Crippen LogP contribution is 2.29. The van der Waals surface area contributed by atoms with E-state index in [4.69, 9.17) is 23.5 Å². The molecule has 0 spiro atoms. The van der Waals surface area contributed by atoms with Crippen molar-refractivity contribution in [2.45, 2.75) is 98.0 Å². The zero-order valence-electron chi connectivity index (χ0n) is 31.7.